The third-order valence-corrected chi connectivity index (χ3v) is 19.3. The number of aromatic amines is 1. The predicted molar refractivity (Wildman–Crippen MR) is 392 cm³/mol. The number of aromatic nitrogens is 2. The molecule has 16 N–H and O–H groups in total. The van der Waals surface area contributed by atoms with Gasteiger partial charge in [0.25, 0.3) is 5.56 Å². The lowest BCUT2D eigenvalue weighted by atomic mass is 9.91. The summed E-state index contributed by atoms with van der Waals surface area (Å²) in [5.74, 6) is -3.93. The number of rotatable bonds is 43. The van der Waals surface area contributed by atoms with Crippen molar-refractivity contribution < 1.29 is 113 Å². The van der Waals surface area contributed by atoms with Gasteiger partial charge in [-0.25, -0.2) is 19.2 Å². The molecule has 1 aromatic heterocycles. The number of hydrogen-bond donors (Lipinski definition) is 15. The molecule has 2 aromatic rings. The first-order chi connectivity index (χ1) is 52.6. The minimum Gasteiger partial charge on any atom is -0.447 e. The highest BCUT2D eigenvalue weighted by atomic mass is 16.8. The zero-order valence-electron chi connectivity index (χ0n) is 64.5. The maximum Gasteiger partial charge on any atom is 0.409 e. The second-order valence-electron chi connectivity index (χ2n) is 29.0. The largest absolute Gasteiger partial charge is 0.447 e. The van der Waals surface area contributed by atoms with E-state index in [2.05, 4.69) is 45.7 Å². The number of likely N-dealkylation sites (tertiary alicyclic amines) is 1. The average Bonchev–Trinajstić information content (AvgIpc) is 1.77. The SMILES string of the molecule is [3H]C1CC(=O)N(CCCCCC(=O)NC(C(=O)NC(CCCNC(N)=O)C(=O)Nc2ccc(COC(=O)N(C)CCN(C)C(=O)OC[C@H]3O[C@H](OC4O[C@H](C[C@@H](O)[C@H]5O[C@@H](n6ccc(=O)[nH]c6=O)[C@H](O)[C@@H]5O)[C@H](O)[C@H](O)[C@H]4NC(=O)/C=C\CCCCCCCCCCC(C)C)[C@H](NC(C)=O)[C@@H](O)[C@@H]3O)cc2)C(C)C)C1=O. The number of urea groups is 1. The maximum atomic E-state index is 13.8. The van der Waals surface area contributed by atoms with Gasteiger partial charge in [0, 0.05) is 92.2 Å². The second-order valence-corrected chi connectivity index (χ2v) is 29.0. The number of nitrogens with one attached hydrogen (secondary N) is 7. The molecule has 18 atom stereocenters. The van der Waals surface area contributed by atoms with Crippen LogP contribution in [0.25, 0.3) is 0 Å². The zero-order chi connectivity index (χ0) is 81.8. The number of ether oxygens (including phenoxy) is 6. The van der Waals surface area contributed by atoms with Crippen LogP contribution in [0.2, 0.25) is 0 Å². The van der Waals surface area contributed by atoms with Crippen LogP contribution in [0.15, 0.2) is 58.3 Å². The highest BCUT2D eigenvalue weighted by Gasteiger charge is 2.54. The van der Waals surface area contributed by atoms with Crippen LogP contribution in [0, 0.1) is 11.8 Å². The van der Waals surface area contributed by atoms with Crippen LogP contribution in [-0.2, 0) is 68.6 Å². The molecule has 4 aliphatic rings. The minimum absolute atomic E-state index is 0.0352. The number of nitrogens with zero attached hydrogens (tertiary/aromatic N) is 4. The molecule has 5 heterocycles. The van der Waals surface area contributed by atoms with Gasteiger partial charge in [-0.2, -0.15) is 0 Å². The van der Waals surface area contributed by atoms with Crippen molar-refractivity contribution in [2.24, 2.45) is 17.6 Å². The number of carbonyl (C=O) groups excluding carboxylic acids is 10. The summed E-state index contributed by atoms with van der Waals surface area (Å²) in [5.41, 5.74) is 4.22. The van der Waals surface area contributed by atoms with E-state index in [4.69, 9.17) is 35.5 Å². The average molecular weight is 1560 g/mol. The number of carbonyl (C=O) groups is 10. The van der Waals surface area contributed by atoms with E-state index < -0.39 is 200 Å². The summed E-state index contributed by atoms with van der Waals surface area (Å²) in [7, 11) is 2.72. The Bertz CT molecular complexity index is 3540. The Hall–Kier alpha value is -8.50. The first kappa shape index (κ1) is 88.7. The molecule has 4 fully saturated rings. The highest BCUT2D eigenvalue weighted by Crippen LogP contribution is 2.35. The van der Waals surface area contributed by atoms with Crippen molar-refractivity contribution in [3.63, 3.8) is 0 Å². The van der Waals surface area contributed by atoms with E-state index in [0.29, 0.717) is 42.9 Å². The molecule has 0 bridgehead atoms. The van der Waals surface area contributed by atoms with Gasteiger partial charge in [0.15, 0.2) is 18.8 Å². The van der Waals surface area contributed by atoms with Crippen molar-refractivity contribution in [3.05, 3.63) is 75.1 Å². The fourth-order valence-corrected chi connectivity index (χ4v) is 12.8. The molecule has 0 aliphatic carbocycles. The van der Waals surface area contributed by atoms with Crippen LogP contribution >= 0.6 is 0 Å². The number of hydrogen-bond acceptors (Lipinski definition) is 25. The van der Waals surface area contributed by atoms with E-state index in [0.717, 1.165) is 70.6 Å². The summed E-state index contributed by atoms with van der Waals surface area (Å²) in [6.07, 6.45) is -11.9. The van der Waals surface area contributed by atoms with E-state index >= 15 is 0 Å². The number of H-pyrrole nitrogens is 1. The summed E-state index contributed by atoms with van der Waals surface area (Å²) in [6.45, 7) is 7.85. The molecule has 110 heavy (non-hydrogen) atoms. The van der Waals surface area contributed by atoms with Crippen molar-refractivity contribution in [2.45, 2.75) is 267 Å². The minimum atomic E-state index is -1.99. The molecule has 4 saturated heterocycles. The lowest BCUT2D eigenvalue weighted by Gasteiger charge is -2.47. The van der Waals surface area contributed by atoms with Crippen LogP contribution in [0.3, 0.4) is 0 Å². The van der Waals surface area contributed by atoms with Crippen molar-refractivity contribution in [1.82, 2.24) is 50.8 Å². The van der Waals surface area contributed by atoms with Gasteiger partial charge in [0.05, 0.1) is 12.2 Å². The standard InChI is InChI=1S/C73H114N12O25/c1-41(2)22-17-14-12-10-8-9-11-13-15-18-24-51(89)80-57-61(96)58(93)48(38-47(87)64-62(97)63(98)67(109-64)85-35-32-52(90)81-71(85)102)107-69(57)110-68-56(76-43(5)86)60(95)59(94)49(108-68)40-106-73(104)83(7)37-36-82(6)72(103)105-39-44-26-28-45(29-27-44)77-65(99)46(23-21-33-75-70(74)101)78-66(100)55(42(3)4)79-50(88)25-19-16-20-34-84-53(91)30-31-54(84)92/h18,24,26-29,32,35,41-42,46-49,55-64,67-69,87,93-98H,8-17,19-23,25,30-31,33-34,36-40H2,1-7H3,(H,76,86)(H,77,99)(H,78,100)(H,79,88)(H,80,89)(H3,74,75,101)(H,81,90,102)/b24-18-/t46?,47-,48-,49-,55?,56-,57-,58+,59-,60-,61-,62+,63-,64-,67-,68-,69?/m1/s1/i30T/t30?,46?,47-,48-,49-,55?,56-,57-,58+,59-,60-,61-,62+,63-,64-,67-,68-,69?. The quantitative estimate of drug-likeness (QED) is 0.0236. The summed E-state index contributed by atoms with van der Waals surface area (Å²) in [4.78, 5) is 159. The van der Waals surface area contributed by atoms with Gasteiger partial charge in [0.2, 0.25) is 41.4 Å². The van der Waals surface area contributed by atoms with Crippen molar-refractivity contribution >= 4 is 65.3 Å². The Morgan fingerprint density at radius 1 is 0.700 bits per heavy atom. The van der Waals surface area contributed by atoms with E-state index in [1.54, 1.807) is 32.1 Å². The molecule has 6 rings (SSSR count). The summed E-state index contributed by atoms with van der Waals surface area (Å²) in [5, 5.41) is 95.5. The molecule has 0 spiro atoms. The van der Waals surface area contributed by atoms with Gasteiger partial charge in [-0.15, -0.1) is 0 Å². The van der Waals surface area contributed by atoms with Crippen molar-refractivity contribution in [1.29, 1.82) is 0 Å². The van der Waals surface area contributed by atoms with Gasteiger partial charge in [-0.1, -0.05) is 104 Å². The molecule has 616 valence electrons. The third-order valence-electron chi connectivity index (χ3n) is 19.3. The molecule has 4 aliphatic heterocycles. The summed E-state index contributed by atoms with van der Waals surface area (Å²) < 4.78 is 43.6. The number of aliphatic hydroxyl groups is 7. The molecule has 0 saturated carbocycles. The number of nitrogens with two attached hydrogens (primary N) is 1. The van der Waals surface area contributed by atoms with Crippen LogP contribution in [-0.4, -0.2) is 264 Å². The van der Waals surface area contributed by atoms with E-state index in [1.807, 2.05) is 4.98 Å². The number of amides is 11. The number of unbranched alkanes of at least 4 members (excludes halogenated alkanes) is 10. The monoisotopic (exact) mass is 1560 g/mol. The molecule has 4 unspecified atom stereocenters. The Labute approximate surface area is 639 Å². The Balaban J connectivity index is 1.02. The van der Waals surface area contributed by atoms with Crippen LogP contribution in [0.1, 0.15) is 170 Å². The first-order valence-corrected chi connectivity index (χ1v) is 37.6. The van der Waals surface area contributed by atoms with E-state index in [-0.39, 0.29) is 58.5 Å². The normalized spacial score (nSPS) is 25.7. The molecule has 1 aromatic carbocycles. The van der Waals surface area contributed by atoms with Gasteiger partial charge in [-0.3, -0.25) is 52.8 Å². The number of aliphatic hydroxyl groups excluding tert-OH is 7. The number of likely N-dealkylation sites (N-methyl/N-ethyl adjacent to an activating group) is 2. The Morgan fingerprint density at radius 2 is 1.31 bits per heavy atom. The highest BCUT2D eigenvalue weighted by molar-refractivity contribution is 6.02. The van der Waals surface area contributed by atoms with Gasteiger partial charge in [-0.05, 0) is 74.1 Å². The number of primary amides is 1. The fourth-order valence-electron chi connectivity index (χ4n) is 12.8. The number of allylic oxidation sites excluding steroid dienone is 1. The van der Waals surface area contributed by atoms with Crippen molar-refractivity contribution in [3.8, 4) is 0 Å². The first-order valence-electron chi connectivity index (χ1n) is 38.2. The second kappa shape index (κ2) is 45.1. The maximum absolute atomic E-state index is 13.8. The third kappa shape index (κ3) is 28.4. The van der Waals surface area contributed by atoms with E-state index in [1.165, 1.54) is 58.0 Å². The molecule has 37 heteroatoms. The van der Waals surface area contributed by atoms with Gasteiger partial charge >= 0.3 is 23.9 Å². The summed E-state index contributed by atoms with van der Waals surface area (Å²) >= 11 is 0. The fraction of sp³-hybridized carbons (Fsp3) is 0.699. The smallest absolute Gasteiger partial charge is 0.409 e. The number of imide groups is 1. The zero-order valence-corrected chi connectivity index (χ0v) is 63.5. The Morgan fingerprint density at radius 3 is 1.92 bits per heavy atom. The van der Waals surface area contributed by atoms with Crippen LogP contribution in [0.4, 0.5) is 20.1 Å². The van der Waals surface area contributed by atoms with Crippen LogP contribution < -0.4 is 48.9 Å². The Kier molecular flexibility index (Phi) is 36.4. The lowest BCUT2D eigenvalue weighted by Crippen LogP contribution is -2.69. The molecule has 37 nitrogen and oxygen atoms in total. The topological polar surface area (TPSA) is 530 Å². The lowest BCUT2D eigenvalue weighted by molar-refractivity contribution is -0.346. The summed E-state index contributed by atoms with van der Waals surface area (Å²) in [6, 6.07) is 0.793. The molecular weight excluding hydrogens is 1440 g/mol. The molecular formula is C73H114N12O25. The van der Waals surface area contributed by atoms with E-state index in [9.17, 15) is 93.3 Å². The predicted octanol–water partition coefficient (Wildman–Crippen LogP) is -0.0215. The number of anilines is 1. The molecule has 0 radical (unpaired) electrons. The molecule has 11 amide bonds. The van der Waals surface area contributed by atoms with Gasteiger partial charge < -0.3 is 112 Å². The van der Waals surface area contributed by atoms with Crippen LogP contribution in [0.5, 0.6) is 0 Å². The van der Waals surface area contributed by atoms with Crippen molar-refractivity contribution in [2.75, 3.05) is 52.2 Å². The number of benzene rings is 1. The van der Waals surface area contributed by atoms with Gasteiger partial charge in [0.1, 0.15) is 86.2 Å².